The van der Waals surface area contributed by atoms with Gasteiger partial charge in [-0.25, -0.2) is 0 Å². The first-order valence-electron chi connectivity index (χ1n) is 6.34. The summed E-state index contributed by atoms with van der Waals surface area (Å²) in [5.74, 6) is 0. The zero-order chi connectivity index (χ0) is 13.8. The van der Waals surface area contributed by atoms with Crippen LogP contribution in [0, 0.1) is 6.92 Å². The average molecular weight is 319 g/mol. The van der Waals surface area contributed by atoms with Crippen LogP contribution in [0.5, 0.6) is 0 Å². The molecular weight excluding hydrogens is 300 g/mol. The van der Waals surface area contributed by atoms with Gasteiger partial charge in [-0.05, 0) is 52.7 Å². The molecule has 0 aliphatic carbocycles. The summed E-state index contributed by atoms with van der Waals surface area (Å²) in [6.07, 6.45) is 0. The minimum absolute atomic E-state index is 0.793. The smallest absolute Gasteiger partial charge is 0.0461 e. The molecule has 0 spiro atoms. The number of aryl methyl sites for hydroxylation is 1. The molecule has 19 heavy (non-hydrogen) atoms. The topological polar surface area (TPSA) is 29.3 Å². The molecule has 0 atom stereocenters. The number of benzene rings is 2. The minimum atomic E-state index is 0.793. The monoisotopic (exact) mass is 318 g/mol. The van der Waals surface area contributed by atoms with Gasteiger partial charge in [-0.15, -0.1) is 0 Å². The molecule has 0 amide bonds. The second kappa shape index (κ2) is 6.22. The van der Waals surface area contributed by atoms with Crippen LogP contribution in [-0.2, 0) is 13.1 Å². The maximum atomic E-state index is 5.91. The lowest BCUT2D eigenvalue weighted by Gasteiger charge is -2.19. The van der Waals surface area contributed by atoms with E-state index >= 15 is 0 Å². The Balaban J connectivity index is 2.08. The van der Waals surface area contributed by atoms with E-state index in [1.54, 1.807) is 0 Å². The van der Waals surface area contributed by atoms with Crippen LogP contribution < -0.4 is 5.73 Å². The van der Waals surface area contributed by atoms with E-state index in [0.717, 1.165) is 23.2 Å². The number of hydrogen-bond donors (Lipinski definition) is 1. The van der Waals surface area contributed by atoms with Gasteiger partial charge in [-0.3, -0.25) is 4.90 Å². The predicted molar refractivity (Wildman–Crippen MR) is 84.9 cm³/mol. The SMILES string of the molecule is Cc1ccccc1CN(C)Cc1cccc(N)c1Br. The number of nitrogens with two attached hydrogens (primary N) is 1. The molecule has 100 valence electrons. The van der Waals surface area contributed by atoms with Crippen LogP contribution >= 0.6 is 15.9 Å². The minimum Gasteiger partial charge on any atom is -0.398 e. The Labute approximate surface area is 123 Å². The molecule has 2 rings (SSSR count). The first-order valence-corrected chi connectivity index (χ1v) is 7.13. The quantitative estimate of drug-likeness (QED) is 0.864. The molecule has 0 aromatic heterocycles. The van der Waals surface area contributed by atoms with Crippen LogP contribution in [0.4, 0.5) is 5.69 Å². The molecule has 0 heterocycles. The second-order valence-electron chi connectivity index (χ2n) is 4.92. The van der Waals surface area contributed by atoms with Gasteiger partial charge in [0.2, 0.25) is 0 Å². The lowest BCUT2D eigenvalue weighted by Crippen LogP contribution is -2.18. The van der Waals surface area contributed by atoms with Crippen molar-refractivity contribution >= 4 is 21.6 Å². The fourth-order valence-corrected chi connectivity index (χ4v) is 2.54. The van der Waals surface area contributed by atoms with E-state index in [4.69, 9.17) is 5.73 Å². The van der Waals surface area contributed by atoms with Crippen LogP contribution in [0.15, 0.2) is 46.9 Å². The summed E-state index contributed by atoms with van der Waals surface area (Å²) in [5.41, 5.74) is 10.6. The highest BCUT2D eigenvalue weighted by Crippen LogP contribution is 2.25. The maximum Gasteiger partial charge on any atom is 0.0461 e. The van der Waals surface area contributed by atoms with Crippen molar-refractivity contribution in [2.75, 3.05) is 12.8 Å². The summed E-state index contributed by atoms with van der Waals surface area (Å²) in [7, 11) is 2.13. The number of nitrogen functional groups attached to an aromatic ring is 1. The Bertz CT molecular complexity index is 566. The van der Waals surface area contributed by atoms with Crippen LogP contribution in [0.2, 0.25) is 0 Å². The van der Waals surface area contributed by atoms with Crippen molar-refractivity contribution in [1.29, 1.82) is 0 Å². The predicted octanol–water partition coefficient (Wildman–Crippen LogP) is 3.97. The van der Waals surface area contributed by atoms with Crippen LogP contribution in [0.1, 0.15) is 16.7 Å². The molecule has 2 N–H and O–H groups in total. The molecular formula is C16H19BrN2. The molecule has 0 fully saturated rings. The van der Waals surface area contributed by atoms with E-state index in [1.807, 2.05) is 12.1 Å². The molecule has 2 aromatic rings. The first-order chi connectivity index (χ1) is 9.08. The third-order valence-electron chi connectivity index (χ3n) is 3.25. The van der Waals surface area contributed by atoms with E-state index in [2.05, 4.69) is 65.1 Å². The largest absolute Gasteiger partial charge is 0.398 e. The van der Waals surface area contributed by atoms with Crippen molar-refractivity contribution in [2.45, 2.75) is 20.0 Å². The van der Waals surface area contributed by atoms with Crippen LogP contribution in [-0.4, -0.2) is 11.9 Å². The molecule has 0 saturated carbocycles. The summed E-state index contributed by atoms with van der Waals surface area (Å²) in [4.78, 5) is 2.29. The van der Waals surface area contributed by atoms with Crippen LogP contribution in [0.25, 0.3) is 0 Å². The highest BCUT2D eigenvalue weighted by molar-refractivity contribution is 9.10. The van der Waals surface area contributed by atoms with Crippen molar-refractivity contribution in [3.05, 3.63) is 63.6 Å². The summed E-state index contributed by atoms with van der Waals surface area (Å²) < 4.78 is 1.01. The van der Waals surface area contributed by atoms with Crippen molar-refractivity contribution in [3.8, 4) is 0 Å². The lowest BCUT2D eigenvalue weighted by atomic mass is 10.1. The summed E-state index contributed by atoms with van der Waals surface area (Å²) in [5, 5.41) is 0. The fraction of sp³-hybridized carbons (Fsp3) is 0.250. The lowest BCUT2D eigenvalue weighted by molar-refractivity contribution is 0.318. The number of nitrogens with zero attached hydrogens (tertiary/aromatic N) is 1. The van der Waals surface area contributed by atoms with E-state index in [9.17, 15) is 0 Å². The van der Waals surface area contributed by atoms with Gasteiger partial charge < -0.3 is 5.73 Å². The zero-order valence-corrected chi connectivity index (χ0v) is 12.9. The molecule has 3 heteroatoms. The fourth-order valence-electron chi connectivity index (χ4n) is 2.15. The molecule has 0 radical (unpaired) electrons. The van der Waals surface area contributed by atoms with Gasteiger partial charge in [0.1, 0.15) is 0 Å². The highest BCUT2D eigenvalue weighted by atomic mass is 79.9. The normalized spacial score (nSPS) is 10.9. The maximum absolute atomic E-state index is 5.91. The van der Waals surface area contributed by atoms with Gasteiger partial charge in [0.05, 0.1) is 0 Å². The number of anilines is 1. The summed E-state index contributed by atoms with van der Waals surface area (Å²) in [6.45, 7) is 3.97. The third kappa shape index (κ3) is 3.58. The molecule has 0 aliphatic rings. The van der Waals surface area contributed by atoms with Gasteiger partial charge in [-0.2, -0.15) is 0 Å². The Kier molecular flexibility index (Phi) is 4.61. The van der Waals surface area contributed by atoms with E-state index in [1.165, 1.54) is 16.7 Å². The Morgan fingerprint density at radius 2 is 1.63 bits per heavy atom. The van der Waals surface area contributed by atoms with E-state index in [0.29, 0.717) is 0 Å². The van der Waals surface area contributed by atoms with Crippen LogP contribution in [0.3, 0.4) is 0 Å². The van der Waals surface area contributed by atoms with Gasteiger partial charge >= 0.3 is 0 Å². The summed E-state index contributed by atoms with van der Waals surface area (Å²) in [6, 6.07) is 14.5. The van der Waals surface area contributed by atoms with Crippen molar-refractivity contribution in [3.63, 3.8) is 0 Å². The Morgan fingerprint density at radius 1 is 1.00 bits per heavy atom. The molecule has 2 aromatic carbocycles. The van der Waals surface area contributed by atoms with E-state index in [-0.39, 0.29) is 0 Å². The van der Waals surface area contributed by atoms with Crippen molar-refractivity contribution < 1.29 is 0 Å². The van der Waals surface area contributed by atoms with E-state index < -0.39 is 0 Å². The van der Waals surface area contributed by atoms with Gasteiger partial charge in [-0.1, -0.05) is 36.4 Å². The van der Waals surface area contributed by atoms with Gasteiger partial charge in [0.15, 0.2) is 0 Å². The number of hydrogen-bond acceptors (Lipinski definition) is 2. The second-order valence-corrected chi connectivity index (χ2v) is 5.71. The number of rotatable bonds is 4. The molecule has 0 bridgehead atoms. The zero-order valence-electron chi connectivity index (χ0n) is 11.4. The number of halogens is 1. The average Bonchev–Trinajstić information content (AvgIpc) is 2.38. The highest BCUT2D eigenvalue weighted by Gasteiger charge is 2.07. The van der Waals surface area contributed by atoms with Gasteiger partial charge in [0.25, 0.3) is 0 Å². The summed E-state index contributed by atoms with van der Waals surface area (Å²) >= 11 is 3.56. The Morgan fingerprint density at radius 3 is 2.37 bits per heavy atom. The molecule has 0 unspecified atom stereocenters. The standard InChI is InChI=1S/C16H19BrN2/c1-12-6-3-4-7-13(12)10-19(2)11-14-8-5-9-15(18)16(14)17/h3-9H,10-11,18H2,1-2H3. The molecule has 0 saturated heterocycles. The molecule has 2 nitrogen and oxygen atoms in total. The van der Waals surface area contributed by atoms with Crippen molar-refractivity contribution in [1.82, 2.24) is 4.90 Å². The molecule has 0 aliphatic heterocycles. The first kappa shape index (κ1) is 14.1. The Hall–Kier alpha value is -1.32. The van der Waals surface area contributed by atoms with Crippen molar-refractivity contribution in [2.24, 2.45) is 0 Å². The third-order valence-corrected chi connectivity index (χ3v) is 4.22. The van der Waals surface area contributed by atoms with Gasteiger partial charge in [0, 0.05) is 23.2 Å².